The SMILES string of the molecule is Cc1ccc(C(=O)C(C)OC(=O)c2cc(S(=O)(=O)N3CCOCC3)ccc2Cl)cc1. The molecule has 160 valence electrons. The molecule has 2 aromatic carbocycles. The van der Waals surface area contributed by atoms with Crippen LogP contribution in [0.15, 0.2) is 47.4 Å². The van der Waals surface area contributed by atoms with Crippen LogP contribution in [0.1, 0.15) is 33.2 Å². The number of carbonyl (C=O) groups is 2. The molecule has 0 amide bonds. The molecule has 1 heterocycles. The van der Waals surface area contributed by atoms with Gasteiger partial charge in [-0.15, -0.1) is 0 Å². The van der Waals surface area contributed by atoms with Gasteiger partial charge < -0.3 is 9.47 Å². The van der Waals surface area contributed by atoms with Crippen LogP contribution in [0.4, 0.5) is 0 Å². The van der Waals surface area contributed by atoms with Crippen LogP contribution in [0.3, 0.4) is 0 Å². The van der Waals surface area contributed by atoms with Crippen LogP contribution < -0.4 is 0 Å². The number of benzene rings is 2. The van der Waals surface area contributed by atoms with E-state index >= 15 is 0 Å². The zero-order chi connectivity index (χ0) is 21.9. The molecule has 0 spiro atoms. The normalized spacial score (nSPS) is 16.1. The number of hydrogen-bond acceptors (Lipinski definition) is 6. The summed E-state index contributed by atoms with van der Waals surface area (Å²) in [4.78, 5) is 25.1. The zero-order valence-electron chi connectivity index (χ0n) is 16.6. The number of carbonyl (C=O) groups excluding carboxylic acids is 2. The van der Waals surface area contributed by atoms with Crippen LogP contribution >= 0.6 is 11.6 Å². The Bertz CT molecular complexity index is 1050. The van der Waals surface area contributed by atoms with Gasteiger partial charge in [-0.25, -0.2) is 13.2 Å². The third-order valence-electron chi connectivity index (χ3n) is 4.75. The summed E-state index contributed by atoms with van der Waals surface area (Å²) in [5, 5.41) is 0.0379. The third-order valence-corrected chi connectivity index (χ3v) is 6.98. The van der Waals surface area contributed by atoms with Crippen molar-refractivity contribution in [3.8, 4) is 0 Å². The lowest BCUT2D eigenvalue weighted by molar-refractivity contribution is 0.0318. The van der Waals surface area contributed by atoms with Crippen molar-refractivity contribution in [1.82, 2.24) is 4.31 Å². The van der Waals surface area contributed by atoms with Gasteiger partial charge in [0.15, 0.2) is 6.10 Å². The minimum atomic E-state index is -3.81. The predicted molar refractivity (Wildman–Crippen MR) is 111 cm³/mol. The molecule has 9 heteroatoms. The minimum Gasteiger partial charge on any atom is -0.451 e. The molecule has 2 aromatic rings. The highest BCUT2D eigenvalue weighted by molar-refractivity contribution is 7.89. The topological polar surface area (TPSA) is 90.0 Å². The summed E-state index contributed by atoms with van der Waals surface area (Å²) >= 11 is 6.11. The van der Waals surface area contributed by atoms with Gasteiger partial charge in [0.1, 0.15) is 0 Å². The summed E-state index contributed by atoms with van der Waals surface area (Å²) in [5.74, 6) is -1.23. The van der Waals surface area contributed by atoms with E-state index in [4.69, 9.17) is 21.1 Å². The first-order chi connectivity index (χ1) is 14.2. The second-order valence-corrected chi connectivity index (χ2v) is 9.28. The highest BCUT2D eigenvalue weighted by Gasteiger charge is 2.28. The van der Waals surface area contributed by atoms with Crippen molar-refractivity contribution in [2.24, 2.45) is 0 Å². The Balaban J connectivity index is 1.79. The molecule has 0 aliphatic carbocycles. The Morgan fingerprint density at radius 1 is 1.10 bits per heavy atom. The summed E-state index contributed by atoms with van der Waals surface area (Å²) in [6.45, 7) is 4.43. The lowest BCUT2D eigenvalue weighted by atomic mass is 10.1. The van der Waals surface area contributed by atoms with Crippen molar-refractivity contribution in [3.05, 3.63) is 64.2 Å². The fraction of sp³-hybridized carbons (Fsp3) is 0.333. The number of ketones is 1. The number of rotatable bonds is 6. The van der Waals surface area contributed by atoms with Crippen molar-refractivity contribution in [3.63, 3.8) is 0 Å². The van der Waals surface area contributed by atoms with Crippen molar-refractivity contribution in [2.45, 2.75) is 24.8 Å². The van der Waals surface area contributed by atoms with Crippen LogP contribution in [0.2, 0.25) is 5.02 Å². The second kappa shape index (κ2) is 9.26. The van der Waals surface area contributed by atoms with Crippen LogP contribution in [0.5, 0.6) is 0 Å². The highest BCUT2D eigenvalue weighted by atomic mass is 35.5. The van der Waals surface area contributed by atoms with Crippen molar-refractivity contribution in [2.75, 3.05) is 26.3 Å². The van der Waals surface area contributed by atoms with Crippen LogP contribution in [-0.2, 0) is 19.5 Å². The Labute approximate surface area is 180 Å². The number of ether oxygens (including phenoxy) is 2. The molecule has 1 aliphatic rings. The van der Waals surface area contributed by atoms with E-state index in [1.807, 2.05) is 6.92 Å². The molecular formula is C21H22ClNO6S. The molecule has 0 N–H and O–H groups in total. The molecule has 0 bridgehead atoms. The van der Waals surface area contributed by atoms with Crippen molar-refractivity contribution < 1.29 is 27.5 Å². The standard InChI is InChI=1S/C21H22ClNO6S/c1-14-3-5-16(6-4-14)20(24)15(2)29-21(25)18-13-17(7-8-19(18)22)30(26,27)23-9-11-28-12-10-23/h3-8,13,15H,9-12H2,1-2H3. The lowest BCUT2D eigenvalue weighted by Crippen LogP contribution is -2.40. The van der Waals surface area contributed by atoms with Gasteiger partial charge in [-0.2, -0.15) is 4.31 Å². The fourth-order valence-electron chi connectivity index (χ4n) is 2.99. The molecule has 3 rings (SSSR count). The van der Waals surface area contributed by atoms with E-state index < -0.39 is 22.1 Å². The number of halogens is 1. The van der Waals surface area contributed by atoms with Crippen LogP contribution in [-0.4, -0.2) is 56.9 Å². The average Bonchev–Trinajstić information content (AvgIpc) is 2.74. The van der Waals surface area contributed by atoms with Crippen LogP contribution in [0, 0.1) is 6.92 Å². The van der Waals surface area contributed by atoms with Gasteiger partial charge in [0.05, 0.1) is 28.7 Å². The highest BCUT2D eigenvalue weighted by Crippen LogP contribution is 2.25. The van der Waals surface area contributed by atoms with E-state index in [1.165, 1.54) is 29.4 Å². The second-order valence-electron chi connectivity index (χ2n) is 6.94. The quantitative estimate of drug-likeness (QED) is 0.495. The Kier molecular flexibility index (Phi) is 6.92. The van der Waals surface area contributed by atoms with Gasteiger partial charge in [0.2, 0.25) is 15.8 Å². The minimum absolute atomic E-state index is 0.0379. The molecule has 1 unspecified atom stereocenters. The molecule has 0 aromatic heterocycles. The Morgan fingerprint density at radius 3 is 2.37 bits per heavy atom. The average molecular weight is 452 g/mol. The van der Waals surface area contributed by atoms with Gasteiger partial charge in [0, 0.05) is 18.7 Å². The van der Waals surface area contributed by atoms with Crippen molar-refractivity contribution in [1.29, 1.82) is 0 Å². The van der Waals surface area contributed by atoms with Crippen molar-refractivity contribution >= 4 is 33.4 Å². The van der Waals surface area contributed by atoms with Gasteiger partial charge in [0.25, 0.3) is 0 Å². The fourth-order valence-corrected chi connectivity index (χ4v) is 4.62. The van der Waals surface area contributed by atoms with Crippen LogP contribution in [0.25, 0.3) is 0 Å². The van der Waals surface area contributed by atoms with E-state index in [-0.39, 0.29) is 34.4 Å². The summed E-state index contributed by atoms with van der Waals surface area (Å²) < 4.78 is 37.4. The molecule has 30 heavy (non-hydrogen) atoms. The largest absolute Gasteiger partial charge is 0.451 e. The number of sulfonamides is 1. The van der Waals surface area contributed by atoms with Gasteiger partial charge in [-0.3, -0.25) is 4.79 Å². The molecule has 1 saturated heterocycles. The first kappa shape index (κ1) is 22.4. The monoisotopic (exact) mass is 451 g/mol. The number of esters is 1. The Morgan fingerprint density at radius 2 is 1.73 bits per heavy atom. The van der Waals surface area contributed by atoms with Gasteiger partial charge in [-0.1, -0.05) is 41.4 Å². The first-order valence-electron chi connectivity index (χ1n) is 9.39. The van der Waals surface area contributed by atoms with E-state index in [2.05, 4.69) is 0 Å². The van der Waals surface area contributed by atoms with E-state index in [1.54, 1.807) is 24.3 Å². The summed E-state index contributed by atoms with van der Waals surface area (Å²) in [6.07, 6.45) is -1.06. The smallest absolute Gasteiger partial charge is 0.340 e. The maximum atomic E-state index is 12.8. The molecular weight excluding hydrogens is 430 g/mol. The van der Waals surface area contributed by atoms with E-state index in [0.717, 1.165) is 5.56 Å². The van der Waals surface area contributed by atoms with Gasteiger partial charge in [-0.05, 0) is 32.0 Å². The predicted octanol–water partition coefficient (Wildman–Crippen LogP) is 3.10. The summed E-state index contributed by atoms with van der Waals surface area (Å²) in [7, 11) is -3.81. The maximum Gasteiger partial charge on any atom is 0.340 e. The number of hydrogen-bond donors (Lipinski definition) is 0. The molecule has 1 fully saturated rings. The summed E-state index contributed by atoms with van der Waals surface area (Å²) in [5.41, 5.74) is 1.30. The Hall–Kier alpha value is -2.26. The molecule has 7 nitrogen and oxygen atoms in total. The number of morpholine rings is 1. The molecule has 1 atom stereocenters. The van der Waals surface area contributed by atoms with E-state index in [9.17, 15) is 18.0 Å². The summed E-state index contributed by atoms with van der Waals surface area (Å²) in [6, 6.07) is 10.7. The first-order valence-corrected chi connectivity index (χ1v) is 11.2. The third kappa shape index (κ3) is 4.89. The number of aryl methyl sites for hydroxylation is 1. The molecule has 0 radical (unpaired) electrons. The zero-order valence-corrected chi connectivity index (χ0v) is 18.2. The molecule has 1 aliphatic heterocycles. The molecule has 0 saturated carbocycles. The number of Topliss-reactive ketones (excluding diaryl/α,β-unsaturated/α-hetero) is 1. The number of nitrogens with zero attached hydrogens (tertiary/aromatic N) is 1. The maximum absolute atomic E-state index is 12.8. The van der Waals surface area contributed by atoms with Gasteiger partial charge >= 0.3 is 5.97 Å². The van der Waals surface area contributed by atoms with E-state index in [0.29, 0.717) is 18.8 Å². The lowest BCUT2D eigenvalue weighted by Gasteiger charge is -2.26.